The maximum absolute atomic E-state index is 12.6. The number of carbonyl (C=O) groups excluding carboxylic acids is 1. The third-order valence-electron chi connectivity index (χ3n) is 5.23. The second-order valence-corrected chi connectivity index (χ2v) is 7.22. The standard InChI is InChI=1S/C20H23N5O/c1-25-12-16(11-23-25)14-2-3-15-10-22-20(24-18(15)8-14)9-19(26)13-4-6-17(21)7-5-13/h2-3,8,10-13,17H,4-7,9,21H2,1H3. The van der Waals surface area contributed by atoms with Crippen LogP contribution in [0.15, 0.2) is 36.8 Å². The second-order valence-electron chi connectivity index (χ2n) is 7.22. The summed E-state index contributed by atoms with van der Waals surface area (Å²) in [5.41, 5.74) is 8.89. The zero-order valence-corrected chi connectivity index (χ0v) is 14.9. The number of fused-ring (bicyclic) bond motifs is 1. The van der Waals surface area contributed by atoms with E-state index < -0.39 is 0 Å². The summed E-state index contributed by atoms with van der Waals surface area (Å²) in [7, 11) is 1.90. The molecule has 0 amide bonds. The number of benzene rings is 1. The molecule has 0 atom stereocenters. The van der Waals surface area contributed by atoms with Crippen LogP contribution in [0.25, 0.3) is 22.0 Å². The van der Waals surface area contributed by atoms with Gasteiger partial charge in [-0.1, -0.05) is 12.1 Å². The van der Waals surface area contributed by atoms with Gasteiger partial charge in [0.25, 0.3) is 0 Å². The first kappa shape index (κ1) is 16.8. The summed E-state index contributed by atoms with van der Waals surface area (Å²) in [5, 5.41) is 5.19. The van der Waals surface area contributed by atoms with E-state index in [0.717, 1.165) is 47.7 Å². The van der Waals surface area contributed by atoms with Gasteiger partial charge in [-0.3, -0.25) is 9.48 Å². The minimum atomic E-state index is 0.107. The summed E-state index contributed by atoms with van der Waals surface area (Å²) in [6.07, 6.45) is 9.55. The highest BCUT2D eigenvalue weighted by Crippen LogP contribution is 2.26. The van der Waals surface area contributed by atoms with Gasteiger partial charge in [0, 0.05) is 42.4 Å². The highest BCUT2D eigenvalue weighted by molar-refractivity contribution is 5.85. The van der Waals surface area contributed by atoms with Crippen molar-refractivity contribution in [2.24, 2.45) is 18.7 Å². The molecule has 1 aromatic carbocycles. The average molecular weight is 349 g/mol. The molecule has 0 unspecified atom stereocenters. The number of nitrogens with zero attached hydrogens (tertiary/aromatic N) is 4. The molecule has 2 aromatic heterocycles. The lowest BCUT2D eigenvalue weighted by molar-refractivity contribution is -0.123. The fourth-order valence-corrected chi connectivity index (χ4v) is 3.64. The second kappa shape index (κ2) is 6.96. The van der Waals surface area contributed by atoms with Crippen molar-refractivity contribution in [1.29, 1.82) is 0 Å². The van der Waals surface area contributed by atoms with Crippen molar-refractivity contribution in [2.45, 2.75) is 38.1 Å². The molecule has 0 radical (unpaired) electrons. The average Bonchev–Trinajstić information content (AvgIpc) is 3.08. The number of Topliss-reactive ketones (excluding diaryl/α,β-unsaturated/α-hetero) is 1. The zero-order valence-electron chi connectivity index (χ0n) is 14.9. The number of hydrogen-bond donors (Lipinski definition) is 1. The molecule has 0 saturated heterocycles. The van der Waals surface area contributed by atoms with Gasteiger partial charge in [0.15, 0.2) is 0 Å². The Kier molecular flexibility index (Phi) is 4.51. The summed E-state index contributed by atoms with van der Waals surface area (Å²) in [6, 6.07) is 6.33. The van der Waals surface area contributed by atoms with Crippen molar-refractivity contribution >= 4 is 16.7 Å². The molecule has 1 fully saturated rings. The quantitative estimate of drug-likeness (QED) is 0.782. The van der Waals surface area contributed by atoms with E-state index in [0.29, 0.717) is 12.2 Å². The predicted octanol–water partition coefficient (Wildman–Crippen LogP) is 2.66. The Labute approximate surface area is 152 Å². The third kappa shape index (κ3) is 3.51. The molecule has 6 heteroatoms. The van der Waals surface area contributed by atoms with E-state index in [-0.39, 0.29) is 17.7 Å². The molecular weight excluding hydrogens is 326 g/mol. The molecule has 4 rings (SSSR count). The fraction of sp³-hybridized carbons (Fsp3) is 0.400. The predicted molar refractivity (Wildman–Crippen MR) is 100 cm³/mol. The first-order valence-corrected chi connectivity index (χ1v) is 9.11. The Morgan fingerprint density at radius 2 is 2.00 bits per heavy atom. The summed E-state index contributed by atoms with van der Waals surface area (Å²) in [5.74, 6) is 0.941. The van der Waals surface area contributed by atoms with E-state index in [2.05, 4.69) is 15.1 Å². The largest absolute Gasteiger partial charge is 0.328 e. The SMILES string of the molecule is Cn1cc(-c2ccc3cnc(CC(=O)C4CCC(N)CC4)nc3c2)cn1. The molecule has 1 aliphatic carbocycles. The van der Waals surface area contributed by atoms with Crippen LogP contribution in [0.4, 0.5) is 0 Å². The van der Waals surface area contributed by atoms with Crippen LogP contribution in [-0.4, -0.2) is 31.6 Å². The number of ketones is 1. The van der Waals surface area contributed by atoms with Crippen LogP contribution in [0.3, 0.4) is 0 Å². The van der Waals surface area contributed by atoms with Gasteiger partial charge in [0.1, 0.15) is 11.6 Å². The Morgan fingerprint density at radius 3 is 2.73 bits per heavy atom. The van der Waals surface area contributed by atoms with E-state index in [9.17, 15) is 4.79 Å². The van der Waals surface area contributed by atoms with Crippen molar-refractivity contribution in [3.8, 4) is 11.1 Å². The zero-order chi connectivity index (χ0) is 18.1. The topological polar surface area (TPSA) is 86.7 Å². The van der Waals surface area contributed by atoms with Crippen LogP contribution in [-0.2, 0) is 18.3 Å². The molecule has 2 N–H and O–H groups in total. The normalized spacial score (nSPS) is 20.4. The van der Waals surface area contributed by atoms with E-state index in [1.54, 1.807) is 10.9 Å². The molecule has 0 spiro atoms. The van der Waals surface area contributed by atoms with Crippen molar-refractivity contribution in [2.75, 3.05) is 0 Å². The molecule has 2 heterocycles. The molecule has 0 aliphatic heterocycles. The van der Waals surface area contributed by atoms with Crippen molar-refractivity contribution in [3.63, 3.8) is 0 Å². The minimum Gasteiger partial charge on any atom is -0.328 e. The van der Waals surface area contributed by atoms with Gasteiger partial charge in [-0.25, -0.2) is 9.97 Å². The lowest BCUT2D eigenvalue weighted by atomic mass is 9.83. The van der Waals surface area contributed by atoms with Crippen LogP contribution < -0.4 is 5.73 Å². The minimum absolute atomic E-state index is 0.107. The maximum atomic E-state index is 12.6. The summed E-state index contributed by atoms with van der Waals surface area (Å²) >= 11 is 0. The number of nitrogens with two attached hydrogens (primary N) is 1. The Morgan fingerprint density at radius 1 is 1.19 bits per heavy atom. The summed E-state index contributed by atoms with van der Waals surface area (Å²) < 4.78 is 1.78. The molecule has 1 aliphatic rings. The van der Waals surface area contributed by atoms with Gasteiger partial charge in [0.05, 0.1) is 18.1 Å². The van der Waals surface area contributed by atoms with Gasteiger partial charge < -0.3 is 5.73 Å². The molecule has 0 bridgehead atoms. The van der Waals surface area contributed by atoms with Crippen LogP contribution in [0, 0.1) is 5.92 Å². The lowest BCUT2D eigenvalue weighted by Gasteiger charge is -2.24. The summed E-state index contributed by atoms with van der Waals surface area (Å²) in [6.45, 7) is 0. The lowest BCUT2D eigenvalue weighted by Crippen LogP contribution is -2.30. The van der Waals surface area contributed by atoms with E-state index >= 15 is 0 Å². The number of carbonyl (C=O) groups is 1. The number of rotatable bonds is 4. The Hall–Kier alpha value is -2.60. The van der Waals surface area contributed by atoms with Gasteiger partial charge in [-0.2, -0.15) is 5.10 Å². The fourth-order valence-electron chi connectivity index (χ4n) is 3.64. The van der Waals surface area contributed by atoms with Crippen LogP contribution in [0.2, 0.25) is 0 Å². The van der Waals surface area contributed by atoms with Gasteiger partial charge in [-0.05, 0) is 37.3 Å². The van der Waals surface area contributed by atoms with E-state index in [4.69, 9.17) is 5.73 Å². The maximum Gasteiger partial charge on any atom is 0.143 e. The van der Waals surface area contributed by atoms with Crippen molar-refractivity contribution in [3.05, 3.63) is 42.6 Å². The molecule has 134 valence electrons. The Balaban J connectivity index is 1.55. The highest BCUT2D eigenvalue weighted by Gasteiger charge is 2.25. The van der Waals surface area contributed by atoms with Crippen LogP contribution in [0.5, 0.6) is 0 Å². The van der Waals surface area contributed by atoms with Gasteiger partial charge in [-0.15, -0.1) is 0 Å². The van der Waals surface area contributed by atoms with Gasteiger partial charge in [0.2, 0.25) is 0 Å². The van der Waals surface area contributed by atoms with E-state index in [1.807, 2.05) is 37.6 Å². The van der Waals surface area contributed by atoms with E-state index in [1.165, 1.54) is 0 Å². The molecular formula is C20H23N5O. The summed E-state index contributed by atoms with van der Waals surface area (Å²) in [4.78, 5) is 21.6. The highest BCUT2D eigenvalue weighted by atomic mass is 16.1. The Bertz CT molecular complexity index is 940. The molecule has 3 aromatic rings. The smallest absolute Gasteiger partial charge is 0.143 e. The van der Waals surface area contributed by atoms with Crippen LogP contribution in [0.1, 0.15) is 31.5 Å². The first-order valence-electron chi connectivity index (χ1n) is 9.11. The molecule has 26 heavy (non-hydrogen) atoms. The molecule has 1 saturated carbocycles. The third-order valence-corrected chi connectivity index (χ3v) is 5.23. The van der Waals surface area contributed by atoms with Crippen molar-refractivity contribution < 1.29 is 4.79 Å². The number of aromatic nitrogens is 4. The van der Waals surface area contributed by atoms with Crippen LogP contribution >= 0.6 is 0 Å². The van der Waals surface area contributed by atoms with Crippen molar-refractivity contribution in [1.82, 2.24) is 19.7 Å². The first-order chi connectivity index (χ1) is 12.6. The monoisotopic (exact) mass is 349 g/mol. The van der Waals surface area contributed by atoms with Gasteiger partial charge >= 0.3 is 0 Å². The number of aryl methyl sites for hydroxylation is 1. The molecule has 6 nitrogen and oxygen atoms in total. The number of hydrogen-bond acceptors (Lipinski definition) is 5.